The number of ether oxygens (including phenoxy) is 2. The van der Waals surface area contributed by atoms with Crippen LogP contribution in [0.1, 0.15) is 15.9 Å². The molecule has 0 amide bonds. The van der Waals surface area contributed by atoms with Crippen LogP contribution in [-0.4, -0.2) is 40.4 Å². The first-order valence-corrected chi connectivity index (χ1v) is 9.50. The maximum Gasteiger partial charge on any atom is 0.321 e. The Morgan fingerprint density at radius 2 is 1.81 bits per heavy atom. The van der Waals surface area contributed by atoms with Gasteiger partial charge in [0.05, 0.1) is 7.11 Å². The molecule has 0 unspecified atom stereocenters. The number of hydrogen-bond acceptors (Lipinski definition) is 6. The molecule has 1 N–H and O–H groups in total. The number of carbonyl (C=O) groups excluding carboxylic acids is 2. The molecule has 0 saturated heterocycles. The molecule has 2 rings (SSSR count). The van der Waals surface area contributed by atoms with E-state index < -0.39 is 34.9 Å². The van der Waals surface area contributed by atoms with Crippen molar-refractivity contribution in [3.8, 4) is 5.75 Å². The fourth-order valence-corrected chi connectivity index (χ4v) is 2.77. The monoisotopic (exact) mass is 389 g/mol. The van der Waals surface area contributed by atoms with Gasteiger partial charge in [-0.2, -0.15) is 0 Å². The molecule has 0 aliphatic carbocycles. The number of hydrogen-bond donors (Lipinski definition) is 1. The summed E-state index contributed by atoms with van der Waals surface area (Å²) in [4.78, 5) is 23.7. The highest BCUT2D eigenvalue weighted by molar-refractivity contribution is 7.92. The lowest BCUT2D eigenvalue weighted by Gasteiger charge is -2.06. The molecule has 0 aliphatic heterocycles. The van der Waals surface area contributed by atoms with Crippen molar-refractivity contribution in [2.75, 3.05) is 20.3 Å². The predicted octanol–water partition coefficient (Wildman–Crippen LogP) is 2.01. The van der Waals surface area contributed by atoms with E-state index in [4.69, 9.17) is 9.47 Å². The normalized spacial score (nSPS) is 11.3. The molecule has 142 valence electrons. The Balaban J connectivity index is 1.81. The van der Waals surface area contributed by atoms with Gasteiger partial charge in [-0.25, -0.2) is 13.1 Å². The number of nitrogens with one attached hydrogen (secondary N) is 1. The van der Waals surface area contributed by atoms with Gasteiger partial charge in [0.15, 0.2) is 12.4 Å². The number of ketones is 1. The molecule has 7 nitrogen and oxygen atoms in total. The van der Waals surface area contributed by atoms with Gasteiger partial charge in [0.25, 0.3) is 0 Å². The molecule has 0 spiro atoms. The number of rotatable bonds is 9. The largest absolute Gasteiger partial charge is 0.497 e. The lowest BCUT2D eigenvalue weighted by atomic mass is 10.1. The van der Waals surface area contributed by atoms with Gasteiger partial charge >= 0.3 is 5.97 Å². The first-order valence-electron chi connectivity index (χ1n) is 7.95. The minimum absolute atomic E-state index is 0.327. The van der Waals surface area contributed by atoms with Crippen LogP contribution in [0.25, 0.3) is 6.08 Å². The quantitative estimate of drug-likeness (QED) is 0.520. The molecule has 0 aliphatic rings. The van der Waals surface area contributed by atoms with E-state index in [0.717, 1.165) is 5.41 Å². The third-order valence-electron chi connectivity index (χ3n) is 3.41. The summed E-state index contributed by atoms with van der Waals surface area (Å²) in [6.45, 7) is -1.07. The number of methoxy groups -OCH3 is 1. The highest BCUT2D eigenvalue weighted by Gasteiger charge is 2.13. The zero-order chi connectivity index (χ0) is 19.7. The second kappa shape index (κ2) is 9.65. The molecule has 0 atom stereocenters. The lowest BCUT2D eigenvalue weighted by molar-refractivity contribution is -0.141. The molecule has 0 heterocycles. The van der Waals surface area contributed by atoms with Crippen molar-refractivity contribution in [1.29, 1.82) is 0 Å². The third kappa shape index (κ3) is 7.04. The first kappa shape index (κ1) is 20.3. The Hall–Kier alpha value is -2.97. The Morgan fingerprint density at radius 1 is 1.07 bits per heavy atom. The summed E-state index contributed by atoms with van der Waals surface area (Å²) in [6.07, 6.45) is 1.40. The van der Waals surface area contributed by atoms with E-state index in [9.17, 15) is 18.0 Å². The van der Waals surface area contributed by atoms with E-state index in [1.54, 1.807) is 42.5 Å². The zero-order valence-electron chi connectivity index (χ0n) is 14.6. The fraction of sp³-hybridized carbons (Fsp3) is 0.158. The van der Waals surface area contributed by atoms with Crippen LogP contribution in [0, 0.1) is 0 Å². The summed E-state index contributed by atoms with van der Waals surface area (Å²) in [6, 6.07) is 15.2. The zero-order valence-corrected chi connectivity index (χ0v) is 15.4. The number of benzene rings is 2. The van der Waals surface area contributed by atoms with Gasteiger partial charge in [-0.1, -0.05) is 42.5 Å². The Morgan fingerprint density at radius 3 is 2.52 bits per heavy atom. The minimum atomic E-state index is -3.81. The first-order chi connectivity index (χ1) is 12.9. The SMILES string of the molecule is COc1cccc(C(=O)COC(=O)CNS(=O)(=O)/C=C/c2ccccc2)c1. The van der Waals surface area contributed by atoms with Crippen molar-refractivity contribution in [2.24, 2.45) is 0 Å². The molecule has 8 heteroatoms. The second-order valence-corrected chi connectivity index (χ2v) is 7.05. The topological polar surface area (TPSA) is 98.8 Å². The van der Waals surface area contributed by atoms with Crippen LogP contribution in [0.5, 0.6) is 5.75 Å². The summed E-state index contributed by atoms with van der Waals surface area (Å²) < 4.78 is 35.6. The Kier molecular flexibility index (Phi) is 7.27. The molecule has 0 bridgehead atoms. The van der Waals surface area contributed by atoms with Crippen molar-refractivity contribution in [3.63, 3.8) is 0 Å². The van der Waals surface area contributed by atoms with Crippen molar-refractivity contribution < 1.29 is 27.5 Å². The summed E-state index contributed by atoms with van der Waals surface area (Å²) in [5.41, 5.74) is 1.03. The van der Waals surface area contributed by atoms with E-state index in [0.29, 0.717) is 16.9 Å². The Labute approximate surface area is 157 Å². The predicted molar refractivity (Wildman–Crippen MR) is 101 cm³/mol. The third-order valence-corrected chi connectivity index (χ3v) is 4.45. The van der Waals surface area contributed by atoms with Crippen molar-refractivity contribution in [3.05, 3.63) is 71.1 Å². The summed E-state index contributed by atoms with van der Waals surface area (Å²) in [7, 11) is -2.33. The minimum Gasteiger partial charge on any atom is -0.497 e. The second-order valence-electron chi connectivity index (χ2n) is 5.40. The van der Waals surface area contributed by atoms with Crippen LogP contribution in [0.2, 0.25) is 0 Å². The van der Waals surface area contributed by atoms with Gasteiger partial charge in [-0.3, -0.25) is 9.59 Å². The molecule has 0 fully saturated rings. The van der Waals surface area contributed by atoms with Gasteiger partial charge in [-0.05, 0) is 23.8 Å². The highest BCUT2D eigenvalue weighted by atomic mass is 32.2. The van der Waals surface area contributed by atoms with Crippen molar-refractivity contribution in [2.45, 2.75) is 0 Å². The highest BCUT2D eigenvalue weighted by Crippen LogP contribution is 2.13. The fourth-order valence-electron chi connectivity index (χ4n) is 2.02. The molecule has 0 saturated carbocycles. The molecule has 0 radical (unpaired) electrons. The molecular weight excluding hydrogens is 370 g/mol. The van der Waals surface area contributed by atoms with E-state index >= 15 is 0 Å². The molecular formula is C19H19NO6S. The maximum absolute atomic E-state index is 12.0. The van der Waals surface area contributed by atoms with Gasteiger partial charge in [0.2, 0.25) is 10.0 Å². The van der Waals surface area contributed by atoms with Gasteiger partial charge in [0, 0.05) is 11.0 Å². The van der Waals surface area contributed by atoms with Crippen LogP contribution in [-0.2, 0) is 19.6 Å². The van der Waals surface area contributed by atoms with Crippen LogP contribution in [0.4, 0.5) is 0 Å². The number of esters is 1. The lowest BCUT2D eigenvalue weighted by Crippen LogP contribution is -2.30. The molecule has 2 aromatic carbocycles. The Bertz CT molecular complexity index is 922. The standard InChI is InChI=1S/C19H19NO6S/c1-25-17-9-5-8-16(12-17)18(21)14-26-19(22)13-20-27(23,24)11-10-15-6-3-2-4-7-15/h2-12,20H,13-14H2,1H3/b11-10+. The molecule has 0 aromatic heterocycles. The average Bonchev–Trinajstić information content (AvgIpc) is 2.70. The summed E-state index contributed by atoms with van der Waals surface area (Å²) in [5.74, 6) is -0.776. The summed E-state index contributed by atoms with van der Waals surface area (Å²) >= 11 is 0. The average molecular weight is 389 g/mol. The van der Waals surface area contributed by atoms with Crippen LogP contribution >= 0.6 is 0 Å². The van der Waals surface area contributed by atoms with E-state index in [2.05, 4.69) is 4.72 Å². The molecule has 27 heavy (non-hydrogen) atoms. The van der Waals surface area contributed by atoms with Crippen molar-refractivity contribution >= 4 is 27.9 Å². The number of carbonyl (C=O) groups is 2. The summed E-state index contributed by atoms with van der Waals surface area (Å²) in [5, 5.41) is 0.955. The van der Waals surface area contributed by atoms with E-state index in [1.807, 2.05) is 6.07 Å². The van der Waals surface area contributed by atoms with Gasteiger partial charge in [0.1, 0.15) is 12.3 Å². The smallest absolute Gasteiger partial charge is 0.321 e. The van der Waals surface area contributed by atoms with Gasteiger partial charge < -0.3 is 9.47 Å². The van der Waals surface area contributed by atoms with Crippen molar-refractivity contribution in [1.82, 2.24) is 4.72 Å². The van der Waals surface area contributed by atoms with Gasteiger partial charge in [-0.15, -0.1) is 0 Å². The van der Waals surface area contributed by atoms with Crippen LogP contribution in [0.3, 0.4) is 0 Å². The van der Waals surface area contributed by atoms with E-state index in [1.165, 1.54) is 19.3 Å². The van der Waals surface area contributed by atoms with Crippen LogP contribution in [0.15, 0.2) is 60.0 Å². The van der Waals surface area contributed by atoms with Crippen LogP contribution < -0.4 is 9.46 Å². The number of sulfonamides is 1. The molecule has 2 aromatic rings. The maximum atomic E-state index is 12.0. The number of Topliss-reactive ketones (excluding diaryl/α,β-unsaturated/α-hetero) is 1. The van der Waals surface area contributed by atoms with E-state index in [-0.39, 0.29) is 0 Å².